The number of para-hydroxylation sites is 1. The van der Waals surface area contributed by atoms with Crippen molar-refractivity contribution in [1.82, 2.24) is 20.2 Å². The zero-order valence-electron chi connectivity index (χ0n) is 32.9. The maximum Gasteiger partial charge on any atom is 0.328 e. The van der Waals surface area contributed by atoms with Gasteiger partial charge in [-0.15, -0.1) is 6.58 Å². The number of nitrogens with two attached hydrogens (primary N) is 1. The number of hydrogen-bond acceptors (Lipinski definition) is 7. The first-order valence-corrected chi connectivity index (χ1v) is 18.6. The molecular formula is C44H49F3N8O2. The second-order valence-electron chi connectivity index (χ2n) is 12.9. The Bertz CT molecular complexity index is 2170. The van der Waals surface area contributed by atoms with Crippen LogP contribution in [-0.2, 0) is 6.54 Å². The van der Waals surface area contributed by atoms with Gasteiger partial charge in [0.25, 0.3) is 5.91 Å². The smallest absolute Gasteiger partial charge is 0.328 e. The number of rotatable bonds is 12. The summed E-state index contributed by atoms with van der Waals surface area (Å²) in [5.74, 6) is -2.42. The minimum absolute atomic E-state index is 0.0138. The van der Waals surface area contributed by atoms with E-state index in [4.69, 9.17) is 10.7 Å². The minimum Gasteiger partial charge on any atom is -0.405 e. The molecule has 0 radical (unpaired) electrons. The number of likely N-dealkylation sites (N-methyl/N-ethyl adjacent to an activating group) is 1. The van der Waals surface area contributed by atoms with E-state index in [0.29, 0.717) is 41.2 Å². The van der Waals surface area contributed by atoms with Crippen LogP contribution in [0.4, 0.5) is 41.1 Å². The number of nitrogens with zero attached hydrogens (tertiary/aromatic N) is 4. The molecule has 0 spiro atoms. The van der Waals surface area contributed by atoms with Crippen LogP contribution in [0.25, 0.3) is 22.4 Å². The number of fused-ring (bicyclic) bond motifs is 1. The lowest BCUT2D eigenvalue weighted by atomic mass is 9.97. The molecule has 5 N–H and O–H groups in total. The van der Waals surface area contributed by atoms with Crippen molar-refractivity contribution in [2.45, 2.75) is 40.2 Å². The molecule has 6 rings (SSSR count). The van der Waals surface area contributed by atoms with Gasteiger partial charge in [-0.1, -0.05) is 62.4 Å². The SMILES string of the molecule is C=CCC/C=C\N.CC.Cc1ccc(C(=O)Nc2cccc(-c3ccc(F)cc3)c2)cc1-c1nc(NCCN(C)C)nc2c1CNC(=O)N2c1c(F)cccc1F. The lowest BCUT2D eigenvalue weighted by molar-refractivity contribution is 0.102. The zero-order valence-corrected chi connectivity index (χ0v) is 32.9. The molecule has 2 heterocycles. The maximum absolute atomic E-state index is 15.1. The van der Waals surface area contributed by atoms with Gasteiger partial charge in [0.05, 0.1) is 12.2 Å². The van der Waals surface area contributed by atoms with Gasteiger partial charge in [0.2, 0.25) is 5.95 Å². The molecule has 298 valence electrons. The number of allylic oxidation sites excluding steroid dienone is 2. The zero-order chi connectivity index (χ0) is 41.5. The van der Waals surface area contributed by atoms with E-state index in [-0.39, 0.29) is 30.0 Å². The van der Waals surface area contributed by atoms with Crippen molar-refractivity contribution in [3.05, 3.63) is 144 Å². The van der Waals surface area contributed by atoms with Crippen molar-refractivity contribution >= 4 is 35.1 Å². The van der Waals surface area contributed by atoms with Crippen LogP contribution in [0.15, 0.2) is 110 Å². The van der Waals surface area contributed by atoms with E-state index in [1.165, 1.54) is 18.2 Å². The average Bonchev–Trinajstić information content (AvgIpc) is 3.20. The number of nitrogens with one attached hydrogen (secondary N) is 3. The van der Waals surface area contributed by atoms with Crippen LogP contribution in [0.3, 0.4) is 0 Å². The third-order valence-corrected chi connectivity index (χ3v) is 8.55. The molecule has 57 heavy (non-hydrogen) atoms. The van der Waals surface area contributed by atoms with Crippen molar-refractivity contribution in [3.63, 3.8) is 0 Å². The van der Waals surface area contributed by atoms with Crippen molar-refractivity contribution in [3.8, 4) is 22.4 Å². The first-order valence-electron chi connectivity index (χ1n) is 18.6. The molecule has 4 aromatic carbocycles. The Morgan fingerprint density at radius 1 is 0.947 bits per heavy atom. The summed E-state index contributed by atoms with van der Waals surface area (Å²) >= 11 is 0. The number of aryl methyl sites for hydroxylation is 1. The van der Waals surface area contributed by atoms with E-state index in [0.717, 1.165) is 46.6 Å². The molecule has 1 aliphatic rings. The summed E-state index contributed by atoms with van der Waals surface area (Å²) in [6, 6.07) is 21.1. The number of carbonyl (C=O) groups excluding carboxylic acids is 2. The number of amides is 3. The summed E-state index contributed by atoms with van der Waals surface area (Å²) in [5, 5.41) is 8.77. The van der Waals surface area contributed by atoms with Crippen LogP contribution in [-0.4, -0.2) is 54.0 Å². The summed E-state index contributed by atoms with van der Waals surface area (Å²) in [6.45, 7) is 10.5. The molecule has 0 saturated heterocycles. The summed E-state index contributed by atoms with van der Waals surface area (Å²) in [7, 11) is 3.82. The van der Waals surface area contributed by atoms with Crippen molar-refractivity contribution in [2.75, 3.05) is 42.7 Å². The Balaban J connectivity index is 0.000000723. The second-order valence-corrected chi connectivity index (χ2v) is 12.9. The predicted octanol–water partition coefficient (Wildman–Crippen LogP) is 9.57. The molecule has 0 saturated carbocycles. The molecule has 3 amide bonds. The number of halogens is 3. The van der Waals surface area contributed by atoms with Gasteiger partial charge >= 0.3 is 6.03 Å². The first-order chi connectivity index (χ1) is 27.5. The Labute approximate surface area is 332 Å². The lowest BCUT2D eigenvalue weighted by Gasteiger charge is -2.31. The number of anilines is 4. The largest absolute Gasteiger partial charge is 0.405 e. The third kappa shape index (κ3) is 11.3. The van der Waals surface area contributed by atoms with Crippen LogP contribution in [0.5, 0.6) is 0 Å². The highest BCUT2D eigenvalue weighted by Crippen LogP contribution is 2.39. The number of benzene rings is 4. The molecule has 1 aliphatic heterocycles. The monoisotopic (exact) mass is 778 g/mol. The fourth-order valence-electron chi connectivity index (χ4n) is 5.71. The summed E-state index contributed by atoms with van der Waals surface area (Å²) in [5.41, 5.74) is 9.11. The molecule has 0 atom stereocenters. The van der Waals surface area contributed by atoms with Crippen molar-refractivity contribution < 1.29 is 22.8 Å². The van der Waals surface area contributed by atoms with Crippen molar-refractivity contribution in [2.24, 2.45) is 5.73 Å². The highest BCUT2D eigenvalue weighted by Gasteiger charge is 2.34. The standard InChI is InChI=1S/C36H32F3N7O2.C6H11N.C2H6/c1-21-10-11-24(34(47)42-26-7-4-6-23(18-26)22-12-14-25(37)15-13-22)19-27(21)31-28-20-41-36(48)46(32-29(38)8-5-9-30(32)39)33(28)44-35(43-31)40-16-17-45(2)3;1-2-3-4-5-6-7;1-2/h4-15,18-19H,16-17,20H2,1-3H3,(H,41,48)(H,42,47)(H,40,43,44);2,5-6H,1,3-4,7H2;1-2H3/b;6-5-;. The van der Waals surface area contributed by atoms with Gasteiger partial charge < -0.3 is 26.6 Å². The molecule has 13 heteroatoms. The van der Waals surface area contributed by atoms with E-state index in [9.17, 15) is 14.0 Å². The van der Waals surface area contributed by atoms with Gasteiger partial charge in [-0.2, -0.15) is 4.98 Å². The number of urea groups is 1. The normalized spacial score (nSPS) is 11.8. The maximum atomic E-state index is 15.1. The Morgan fingerprint density at radius 3 is 2.32 bits per heavy atom. The summed E-state index contributed by atoms with van der Waals surface area (Å²) < 4.78 is 43.6. The van der Waals surface area contributed by atoms with Gasteiger partial charge in [-0.05, 0) is 105 Å². The summed E-state index contributed by atoms with van der Waals surface area (Å²) in [6.07, 6.45) is 7.39. The van der Waals surface area contributed by atoms with Gasteiger partial charge in [0, 0.05) is 35.5 Å². The molecule has 1 aromatic heterocycles. The summed E-state index contributed by atoms with van der Waals surface area (Å²) in [4.78, 5) is 38.9. The topological polar surface area (TPSA) is 129 Å². The lowest BCUT2D eigenvalue weighted by Crippen LogP contribution is -2.43. The van der Waals surface area contributed by atoms with E-state index in [1.807, 2.05) is 58.0 Å². The van der Waals surface area contributed by atoms with E-state index in [1.54, 1.807) is 54.7 Å². The van der Waals surface area contributed by atoms with Crippen LogP contribution >= 0.6 is 0 Å². The van der Waals surface area contributed by atoms with Crippen LogP contribution in [0, 0.1) is 24.4 Å². The van der Waals surface area contributed by atoms with Crippen LogP contribution in [0.2, 0.25) is 0 Å². The molecule has 10 nitrogen and oxygen atoms in total. The number of aromatic nitrogens is 2. The molecule has 0 fully saturated rings. The first kappa shape index (κ1) is 43.3. The molecule has 0 bridgehead atoms. The van der Waals surface area contributed by atoms with Gasteiger partial charge in [0.15, 0.2) is 5.82 Å². The van der Waals surface area contributed by atoms with E-state index >= 15 is 8.78 Å². The fraction of sp³-hybridized carbons (Fsp3) is 0.227. The second kappa shape index (κ2) is 21.0. The predicted molar refractivity (Wildman–Crippen MR) is 224 cm³/mol. The van der Waals surface area contributed by atoms with Gasteiger partial charge in [-0.25, -0.2) is 27.8 Å². The molecule has 0 aliphatic carbocycles. The minimum atomic E-state index is -0.932. The highest BCUT2D eigenvalue weighted by atomic mass is 19.1. The number of unbranched alkanes of at least 4 members (excludes halogenated alkanes) is 1. The molecular weight excluding hydrogens is 730 g/mol. The third-order valence-electron chi connectivity index (χ3n) is 8.55. The Morgan fingerprint density at radius 2 is 1.65 bits per heavy atom. The average molecular weight is 779 g/mol. The quantitative estimate of drug-likeness (QED) is 0.0734. The fourth-order valence-corrected chi connectivity index (χ4v) is 5.71. The van der Waals surface area contributed by atoms with Gasteiger partial charge in [0.1, 0.15) is 23.1 Å². The number of carbonyl (C=O) groups is 2. The Hall–Kier alpha value is -6.47. The molecule has 5 aromatic rings. The van der Waals surface area contributed by atoms with Crippen molar-refractivity contribution in [1.29, 1.82) is 0 Å². The van der Waals surface area contributed by atoms with Gasteiger partial charge in [-0.3, -0.25) is 4.79 Å². The van der Waals surface area contributed by atoms with E-state index in [2.05, 4.69) is 27.5 Å². The Kier molecular flexibility index (Phi) is 15.9. The highest BCUT2D eigenvalue weighted by molar-refractivity contribution is 6.06. The molecule has 0 unspecified atom stereocenters. The van der Waals surface area contributed by atoms with E-state index < -0.39 is 23.4 Å². The number of hydrogen-bond donors (Lipinski definition) is 4. The van der Waals surface area contributed by atoms with Crippen LogP contribution in [0.1, 0.15) is 48.2 Å². The van der Waals surface area contributed by atoms with Crippen LogP contribution < -0.4 is 26.6 Å².